The van der Waals surface area contributed by atoms with Crippen LogP contribution in [0, 0.1) is 0 Å². The maximum Gasteiger partial charge on any atom is 0.408 e. The van der Waals surface area contributed by atoms with Crippen LogP contribution in [-0.4, -0.2) is 74.6 Å². The second-order valence-electron chi connectivity index (χ2n) is 6.11. The molecule has 0 aromatic heterocycles. The molecule has 0 heterocycles. The average molecular weight is 445 g/mol. The van der Waals surface area contributed by atoms with Crippen molar-refractivity contribution in [3.05, 3.63) is 35.9 Å². The summed E-state index contributed by atoms with van der Waals surface area (Å²) in [4.78, 5) is 35.9. The molecule has 0 spiro atoms. The van der Waals surface area contributed by atoms with Crippen LogP contribution in [0.15, 0.2) is 30.3 Å². The predicted octanol–water partition coefficient (Wildman–Crippen LogP) is 0.806. The Hall–Kier alpha value is -2.34. The molecule has 0 radical (unpaired) electrons. The predicted molar refractivity (Wildman–Crippen MR) is 110 cm³/mol. The van der Waals surface area contributed by atoms with Gasteiger partial charge in [-0.3, -0.25) is 4.79 Å². The second kappa shape index (κ2) is 14.6. The van der Waals surface area contributed by atoms with Crippen LogP contribution < -0.4 is 10.6 Å². The summed E-state index contributed by atoms with van der Waals surface area (Å²) in [5.74, 6) is -1.69. The summed E-state index contributed by atoms with van der Waals surface area (Å²) in [6.07, 6.45) is -1.28. The van der Waals surface area contributed by atoms with Crippen molar-refractivity contribution in [1.82, 2.24) is 10.6 Å². The number of hydrogen-bond acceptors (Lipinski definition) is 8. The van der Waals surface area contributed by atoms with Crippen LogP contribution >= 0.6 is 12.6 Å². The lowest BCUT2D eigenvalue weighted by molar-refractivity contribution is -0.153. The topological polar surface area (TPSA) is 132 Å². The van der Waals surface area contributed by atoms with Crippen LogP contribution in [0.2, 0.25) is 0 Å². The van der Waals surface area contributed by atoms with Gasteiger partial charge in [-0.1, -0.05) is 30.3 Å². The first-order valence-electron chi connectivity index (χ1n) is 9.15. The van der Waals surface area contributed by atoms with Crippen LogP contribution in [0.1, 0.15) is 12.0 Å². The molecule has 3 N–H and O–H groups in total. The summed E-state index contributed by atoms with van der Waals surface area (Å²) in [6.45, 7) is -0.291. The van der Waals surface area contributed by atoms with Gasteiger partial charge in [0.25, 0.3) is 0 Å². The number of aliphatic carboxylic acids is 1. The van der Waals surface area contributed by atoms with Gasteiger partial charge in [0, 0.05) is 14.2 Å². The molecule has 0 aliphatic heterocycles. The fraction of sp³-hybridized carbons (Fsp3) is 0.526. The highest BCUT2D eigenvalue weighted by atomic mass is 32.1. The number of carbonyl (C=O) groups is 3. The number of carboxylic acid groups (broad SMARTS) is 1. The quantitative estimate of drug-likeness (QED) is 0.245. The van der Waals surface area contributed by atoms with Gasteiger partial charge in [0.1, 0.15) is 12.6 Å². The lowest BCUT2D eigenvalue weighted by Crippen LogP contribution is -2.53. The van der Waals surface area contributed by atoms with E-state index in [1.54, 1.807) is 12.1 Å². The third-order valence-electron chi connectivity index (χ3n) is 3.92. The first-order chi connectivity index (χ1) is 14.4. The molecule has 11 heteroatoms. The van der Waals surface area contributed by atoms with E-state index in [2.05, 4.69) is 23.3 Å². The van der Waals surface area contributed by atoms with Crippen molar-refractivity contribution >= 4 is 30.6 Å². The highest BCUT2D eigenvalue weighted by molar-refractivity contribution is 7.80. The van der Waals surface area contributed by atoms with E-state index in [1.165, 1.54) is 14.2 Å². The van der Waals surface area contributed by atoms with Gasteiger partial charge in [-0.05, 0) is 17.7 Å². The summed E-state index contributed by atoms with van der Waals surface area (Å²) in [6, 6.07) is 6.70. The van der Waals surface area contributed by atoms with E-state index in [1.807, 2.05) is 18.2 Å². The average Bonchev–Trinajstić information content (AvgIpc) is 2.74. The summed E-state index contributed by atoms with van der Waals surface area (Å²) in [5.41, 5.74) is 0.788. The third-order valence-corrected chi connectivity index (χ3v) is 4.18. The monoisotopic (exact) mass is 444 g/mol. The number of hydrogen-bond donors (Lipinski definition) is 4. The summed E-state index contributed by atoms with van der Waals surface area (Å²) in [5, 5.41) is 14.1. The van der Waals surface area contributed by atoms with Crippen molar-refractivity contribution in [3.8, 4) is 0 Å². The molecule has 1 aromatic carbocycles. The summed E-state index contributed by atoms with van der Waals surface area (Å²) < 4.78 is 20.2. The Kier molecular flexibility index (Phi) is 12.5. The number of methoxy groups -OCH3 is 2. The van der Waals surface area contributed by atoms with Crippen molar-refractivity contribution in [1.29, 1.82) is 0 Å². The fourth-order valence-corrected chi connectivity index (χ4v) is 2.52. The fourth-order valence-electron chi connectivity index (χ4n) is 2.27. The number of alkyl carbamates (subject to hydrolysis) is 1. The second-order valence-corrected chi connectivity index (χ2v) is 6.56. The number of benzene rings is 1. The number of nitrogens with one attached hydrogen (secondary N) is 2. The van der Waals surface area contributed by atoms with E-state index in [4.69, 9.17) is 18.9 Å². The zero-order valence-electron chi connectivity index (χ0n) is 16.9. The molecule has 0 bridgehead atoms. The van der Waals surface area contributed by atoms with Gasteiger partial charge in [-0.25, -0.2) is 9.59 Å². The molecule has 0 aliphatic carbocycles. The zero-order valence-corrected chi connectivity index (χ0v) is 17.8. The SMILES string of the molecule is COC(COC[C@H](NC(=O)[C@H](CCS)NC(=O)OCc1ccccc1)C(=O)O)OC. The zero-order chi connectivity index (χ0) is 22.4. The van der Waals surface area contributed by atoms with Crippen molar-refractivity contribution in [3.63, 3.8) is 0 Å². The minimum absolute atomic E-state index is 0.0171. The third kappa shape index (κ3) is 9.92. The Labute approximate surface area is 180 Å². The summed E-state index contributed by atoms with van der Waals surface area (Å²) >= 11 is 4.08. The maximum absolute atomic E-state index is 12.5. The Morgan fingerprint density at radius 2 is 1.70 bits per heavy atom. The van der Waals surface area contributed by atoms with Crippen molar-refractivity contribution in [2.24, 2.45) is 0 Å². The molecule has 0 saturated heterocycles. The van der Waals surface area contributed by atoms with E-state index < -0.39 is 36.3 Å². The van der Waals surface area contributed by atoms with Crippen LogP contribution in [0.5, 0.6) is 0 Å². The Balaban J connectivity index is 2.57. The highest BCUT2D eigenvalue weighted by Gasteiger charge is 2.27. The minimum Gasteiger partial charge on any atom is -0.480 e. The Bertz CT molecular complexity index is 657. The molecule has 30 heavy (non-hydrogen) atoms. The molecular formula is C19H28N2O8S. The number of thiol groups is 1. The van der Waals surface area contributed by atoms with Gasteiger partial charge in [-0.15, -0.1) is 0 Å². The number of carbonyl (C=O) groups excluding carboxylic acids is 2. The highest BCUT2D eigenvalue weighted by Crippen LogP contribution is 2.03. The maximum atomic E-state index is 12.5. The van der Waals surface area contributed by atoms with Crippen LogP contribution in [-0.2, 0) is 35.1 Å². The van der Waals surface area contributed by atoms with E-state index >= 15 is 0 Å². The summed E-state index contributed by atoms with van der Waals surface area (Å²) in [7, 11) is 2.83. The van der Waals surface area contributed by atoms with E-state index in [9.17, 15) is 19.5 Å². The molecule has 0 unspecified atom stereocenters. The van der Waals surface area contributed by atoms with Crippen molar-refractivity contribution < 1.29 is 38.4 Å². The van der Waals surface area contributed by atoms with Gasteiger partial charge in [0.2, 0.25) is 5.91 Å². The van der Waals surface area contributed by atoms with Crippen molar-refractivity contribution in [2.75, 3.05) is 33.2 Å². The normalized spacial score (nSPS) is 12.8. The van der Waals surface area contributed by atoms with Crippen LogP contribution in [0.3, 0.4) is 0 Å². The van der Waals surface area contributed by atoms with Crippen LogP contribution in [0.4, 0.5) is 4.79 Å². The number of amides is 2. The number of ether oxygens (including phenoxy) is 4. The molecule has 2 amide bonds. The molecular weight excluding hydrogens is 416 g/mol. The van der Waals surface area contributed by atoms with Gasteiger partial charge in [-0.2, -0.15) is 12.6 Å². The van der Waals surface area contributed by atoms with Gasteiger partial charge in [0.05, 0.1) is 13.2 Å². The first-order valence-corrected chi connectivity index (χ1v) is 9.79. The molecule has 0 aliphatic rings. The standard InChI is InChI=1S/C19H28N2O8S/c1-26-16(27-2)12-28-11-15(18(23)24)20-17(22)14(8-9-30)21-19(25)29-10-13-6-4-3-5-7-13/h3-7,14-16,30H,8-12H2,1-2H3,(H,20,22)(H,21,25)(H,23,24)/t14-,15-/m0/s1. The minimum atomic E-state index is -1.32. The molecule has 1 rings (SSSR count). The smallest absolute Gasteiger partial charge is 0.408 e. The molecule has 0 saturated carbocycles. The largest absolute Gasteiger partial charge is 0.480 e. The molecule has 10 nitrogen and oxygen atoms in total. The Morgan fingerprint density at radius 1 is 1.03 bits per heavy atom. The van der Waals surface area contributed by atoms with E-state index in [0.717, 1.165) is 5.56 Å². The van der Waals surface area contributed by atoms with Crippen molar-refractivity contribution in [2.45, 2.75) is 31.4 Å². The lowest BCUT2D eigenvalue weighted by Gasteiger charge is -2.21. The molecule has 1 aromatic rings. The van der Waals surface area contributed by atoms with Gasteiger partial charge in [0.15, 0.2) is 12.3 Å². The van der Waals surface area contributed by atoms with Gasteiger partial charge >= 0.3 is 12.1 Å². The first kappa shape index (κ1) is 25.7. The van der Waals surface area contributed by atoms with Crippen LogP contribution in [0.25, 0.3) is 0 Å². The molecule has 168 valence electrons. The van der Waals surface area contributed by atoms with Gasteiger partial charge < -0.3 is 34.7 Å². The van der Waals surface area contributed by atoms with E-state index in [-0.39, 0.29) is 32.0 Å². The number of rotatable bonds is 14. The Morgan fingerprint density at radius 3 is 2.27 bits per heavy atom. The lowest BCUT2D eigenvalue weighted by atomic mass is 10.2. The van der Waals surface area contributed by atoms with E-state index in [0.29, 0.717) is 0 Å². The number of carboxylic acids is 1. The molecule has 0 fully saturated rings. The molecule has 2 atom stereocenters.